The Morgan fingerprint density at radius 1 is 1.12 bits per heavy atom. The number of nitrogens with zero attached hydrogens (tertiary/aromatic N) is 2. The zero-order valence-electron chi connectivity index (χ0n) is 14.6. The summed E-state index contributed by atoms with van der Waals surface area (Å²) in [5, 5.41) is 7.25. The van der Waals surface area contributed by atoms with Crippen molar-refractivity contribution in [3.63, 3.8) is 0 Å². The molecule has 5 nitrogen and oxygen atoms in total. The molecular weight excluding hydrogens is 314 g/mol. The average Bonchev–Trinajstić information content (AvgIpc) is 2.87. The minimum absolute atomic E-state index is 0.177. The minimum atomic E-state index is -0.177. The molecule has 1 heterocycles. The van der Waals surface area contributed by atoms with Gasteiger partial charge in [-0.05, 0) is 37.6 Å². The van der Waals surface area contributed by atoms with Crippen molar-refractivity contribution in [2.75, 3.05) is 5.32 Å². The maximum Gasteiger partial charge on any atom is 0.255 e. The lowest BCUT2D eigenvalue weighted by atomic mass is 10.2. The Hall–Kier alpha value is -3.08. The fourth-order valence-electron chi connectivity index (χ4n) is 2.61. The smallest absolute Gasteiger partial charge is 0.255 e. The standard InChI is InChI=1S/C20H21N3O2/c1-14-19(15(2)23(3)22-14)21-20(24)17-10-7-11-18(12-17)25-13-16-8-5-4-6-9-16/h4-12H,13H2,1-3H3,(H,21,24). The number of hydrogen-bond acceptors (Lipinski definition) is 3. The summed E-state index contributed by atoms with van der Waals surface area (Å²) in [6, 6.07) is 17.1. The second kappa shape index (κ2) is 7.21. The second-order valence-corrected chi connectivity index (χ2v) is 5.93. The molecule has 0 saturated heterocycles. The van der Waals surface area contributed by atoms with E-state index in [9.17, 15) is 4.79 Å². The average molecular weight is 335 g/mol. The van der Waals surface area contributed by atoms with Crippen LogP contribution >= 0.6 is 0 Å². The van der Waals surface area contributed by atoms with Crippen molar-refractivity contribution in [1.29, 1.82) is 0 Å². The van der Waals surface area contributed by atoms with E-state index in [4.69, 9.17) is 4.74 Å². The molecular formula is C20H21N3O2. The molecule has 0 spiro atoms. The third-order valence-electron chi connectivity index (χ3n) is 4.09. The van der Waals surface area contributed by atoms with Crippen LogP contribution in [0.4, 0.5) is 5.69 Å². The SMILES string of the molecule is Cc1nn(C)c(C)c1NC(=O)c1cccc(OCc2ccccc2)c1. The molecule has 0 atom stereocenters. The van der Waals surface area contributed by atoms with Crippen molar-refractivity contribution < 1.29 is 9.53 Å². The van der Waals surface area contributed by atoms with Crippen LogP contribution in [0.25, 0.3) is 0 Å². The van der Waals surface area contributed by atoms with Crippen LogP contribution < -0.4 is 10.1 Å². The predicted molar refractivity (Wildman–Crippen MR) is 97.9 cm³/mol. The number of rotatable bonds is 5. The molecule has 1 N–H and O–H groups in total. The van der Waals surface area contributed by atoms with Gasteiger partial charge in [0.2, 0.25) is 0 Å². The number of hydrogen-bond donors (Lipinski definition) is 1. The number of ether oxygens (including phenoxy) is 1. The van der Waals surface area contributed by atoms with E-state index in [0.717, 1.165) is 22.6 Å². The monoisotopic (exact) mass is 335 g/mol. The lowest BCUT2D eigenvalue weighted by molar-refractivity contribution is 0.102. The van der Waals surface area contributed by atoms with Gasteiger partial charge in [0.05, 0.1) is 17.1 Å². The van der Waals surface area contributed by atoms with E-state index in [-0.39, 0.29) is 5.91 Å². The molecule has 25 heavy (non-hydrogen) atoms. The molecule has 128 valence electrons. The zero-order valence-corrected chi connectivity index (χ0v) is 14.6. The molecule has 2 aromatic carbocycles. The maximum atomic E-state index is 12.6. The molecule has 0 bridgehead atoms. The first-order valence-corrected chi connectivity index (χ1v) is 8.13. The van der Waals surface area contributed by atoms with E-state index in [1.807, 2.05) is 63.4 Å². The molecule has 0 aliphatic heterocycles. The molecule has 0 fully saturated rings. The van der Waals surface area contributed by atoms with Gasteiger partial charge in [-0.15, -0.1) is 0 Å². The predicted octanol–water partition coefficient (Wildman–Crippen LogP) is 3.87. The Labute approximate surface area is 147 Å². The molecule has 0 unspecified atom stereocenters. The Morgan fingerprint density at radius 2 is 1.88 bits per heavy atom. The van der Waals surface area contributed by atoms with E-state index in [1.165, 1.54) is 0 Å². The number of carbonyl (C=O) groups excluding carboxylic acids is 1. The summed E-state index contributed by atoms with van der Waals surface area (Å²) in [7, 11) is 1.86. The van der Waals surface area contributed by atoms with Crippen molar-refractivity contribution in [3.8, 4) is 5.75 Å². The van der Waals surface area contributed by atoms with E-state index in [1.54, 1.807) is 16.8 Å². The van der Waals surface area contributed by atoms with Crippen molar-refractivity contribution in [3.05, 3.63) is 77.1 Å². The van der Waals surface area contributed by atoms with Gasteiger partial charge in [-0.1, -0.05) is 36.4 Å². The van der Waals surface area contributed by atoms with E-state index in [0.29, 0.717) is 17.9 Å². The summed E-state index contributed by atoms with van der Waals surface area (Å²) in [6.07, 6.45) is 0. The lowest BCUT2D eigenvalue weighted by Crippen LogP contribution is -2.13. The van der Waals surface area contributed by atoms with Crippen LogP contribution in [0.5, 0.6) is 5.75 Å². The van der Waals surface area contributed by atoms with Gasteiger partial charge in [-0.25, -0.2) is 0 Å². The molecule has 0 aliphatic rings. The highest BCUT2D eigenvalue weighted by Gasteiger charge is 2.14. The van der Waals surface area contributed by atoms with Gasteiger partial charge in [-0.3, -0.25) is 9.48 Å². The molecule has 0 radical (unpaired) electrons. The van der Waals surface area contributed by atoms with Gasteiger partial charge in [0.1, 0.15) is 12.4 Å². The fourth-order valence-corrected chi connectivity index (χ4v) is 2.61. The minimum Gasteiger partial charge on any atom is -0.489 e. The molecule has 0 aliphatic carbocycles. The van der Waals surface area contributed by atoms with E-state index >= 15 is 0 Å². The van der Waals surface area contributed by atoms with E-state index < -0.39 is 0 Å². The number of aromatic nitrogens is 2. The van der Waals surface area contributed by atoms with Crippen LogP contribution in [0.3, 0.4) is 0 Å². The summed E-state index contributed by atoms with van der Waals surface area (Å²) in [5.41, 5.74) is 4.10. The largest absolute Gasteiger partial charge is 0.489 e. The van der Waals surface area contributed by atoms with Crippen molar-refractivity contribution in [2.45, 2.75) is 20.5 Å². The molecule has 1 amide bonds. The topological polar surface area (TPSA) is 56.2 Å². The van der Waals surface area contributed by atoms with Crippen molar-refractivity contribution >= 4 is 11.6 Å². The zero-order chi connectivity index (χ0) is 17.8. The Kier molecular flexibility index (Phi) is 4.84. The van der Waals surface area contributed by atoms with Gasteiger partial charge in [-0.2, -0.15) is 5.10 Å². The number of aryl methyl sites for hydroxylation is 2. The molecule has 1 aromatic heterocycles. The van der Waals surface area contributed by atoms with Gasteiger partial charge in [0, 0.05) is 12.6 Å². The van der Waals surface area contributed by atoms with Crippen LogP contribution in [0.2, 0.25) is 0 Å². The lowest BCUT2D eigenvalue weighted by Gasteiger charge is -2.09. The molecule has 5 heteroatoms. The maximum absolute atomic E-state index is 12.6. The first kappa shape index (κ1) is 16.8. The summed E-state index contributed by atoms with van der Waals surface area (Å²) < 4.78 is 7.54. The quantitative estimate of drug-likeness (QED) is 0.770. The number of carbonyl (C=O) groups is 1. The second-order valence-electron chi connectivity index (χ2n) is 5.93. The van der Waals surface area contributed by atoms with Crippen LogP contribution in [0, 0.1) is 13.8 Å². The Bertz CT molecular complexity index is 885. The molecule has 0 saturated carbocycles. The van der Waals surface area contributed by atoms with Gasteiger partial charge in [0.25, 0.3) is 5.91 Å². The highest BCUT2D eigenvalue weighted by atomic mass is 16.5. The summed E-state index contributed by atoms with van der Waals surface area (Å²) >= 11 is 0. The third-order valence-corrected chi connectivity index (χ3v) is 4.09. The van der Waals surface area contributed by atoms with Crippen LogP contribution in [0.15, 0.2) is 54.6 Å². The van der Waals surface area contributed by atoms with Crippen LogP contribution in [0.1, 0.15) is 27.3 Å². The summed E-state index contributed by atoms with van der Waals surface area (Å²) in [4.78, 5) is 12.6. The summed E-state index contributed by atoms with van der Waals surface area (Å²) in [6.45, 7) is 4.27. The number of amides is 1. The Morgan fingerprint density at radius 3 is 2.56 bits per heavy atom. The highest BCUT2D eigenvalue weighted by Crippen LogP contribution is 2.21. The number of benzene rings is 2. The highest BCUT2D eigenvalue weighted by molar-refractivity contribution is 6.05. The van der Waals surface area contributed by atoms with Crippen molar-refractivity contribution in [1.82, 2.24) is 9.78 Å². The van der Waals surface area contributed by atoms with Crippen LogP contribution in [-0.4, -0.2) is 15.7 Å². The summed E-state index contributed by atoms with van der Waals surface area (Å²) in [5.74, 6) is 0.487. The third kappa shape index (κ3) is 3.88. The first-order valence-electron chi connectivity index (χ1n) is 8.13. The molecule has 3 aromatic rings. The van der Waals surface area contributed by atoms with Gasteiger partial charge >= 0.3 is 0 Å². The van der Waals surface area contributed by atoms with Crippen LogP contribution in [-0.2, 0) is 13.7 Å². The van der Waals surface area contributed by atoms with Gasteiger partial charge < -0.3 is 10.1 Å². The van der Waals surface area contributed by atoms with Crippen molar-refractivity contribution in [2.24, 2.45) is 7.05 Å². The van der Waals surface area contributed by atoms with E-state index in [2.05, 4.69) is 10.4 Å². The normalized spacial score (nSPS) is 10.5. The first-order chi connectivity index (χ1) is 12.0. The van der Waals surface area contributed by atoms with Gasteiger partial charge in [0.15, 0.2) is 0 Å². The fraction of sp³-hybridized carbons (Fsp3) is 0.200. The number of anilines is 1. The number of nitrogens with one attached hydrogen (secondary N) is 1. The Balaban J connectivity index is 1.71. The molecule has 3 rings (SSSR count).